The van der Waals surface area contributed by atoms with Crippen LogP contribution in [0.2, 0.25) is 0 Å². The lowest BCUT2D eigenvalue weighted by molar-refractivity contribution is 0.0853. The van der Waals surface area contributed by atoms with E-state index in [-0.39, 0.29) is 11.6 Å². The smallest absolute Gasteiger partial charge is 0.259 e. The van der Waals surface area contributed by atoms with Gasteiger partial charge in [-0.05, 0) is 37.1 Å². The molecule has 3 heterocycles. The summed E-state index contributed by atoms with van der Waals surface area (Å²) in [5.41, 5.74) is 1.01. The van der Waals surface area contributed by atoms with Gasteiger partial charge in [-0.1, -0.05) is 17.3 Å². The second kappa shape index (κ2) is 7.21. The van der Waals surface area contributed by atoms with Gasteiger partial charge in [0.1, 0.15) is 11.6 Å². The van der Waals surface area contributed by atoms with Gasteiger partial charge in [-0.15, -0.1) is 0 Å². The molecule has 6 nitrogen and oxygen atoms in total. The van der Waals surface area contributed by atoms with E-state index in [0.717, 1.165) is 31.9 Å². The number of hydrogen-bond acceptors (Lipinski definition) is 6. The third-order valence-electron chi connectivity index (χ3n) is 4.64. The van der Waals surface area contributed by atoms with Gasteiger partial charge in [-0.25, -0.2) is 9.37 Å². The van der Waals surface area contributed by atoms with Gasteiger partial charge in [0.2, 0.25) is 5.82 Å². The van der Waals surface area contributed by atoms with Crippen LogP contribution >= 0.6 is 0 Å². The Morgan fingerprint density at radius 1 is 1.12 bits per heavy atom. The fourth-order valence-electron chi connectivity index (χ4n) is 3.07. The summed E-state index contributed by atoms with van der Waals surface area (Å²) >= 11 is 0. The number of ether oxygens (including phenoxy) is 1. The quantitative estimate of drug-likeness (QED) is 0.714. The molecular weight excluding hydrogens is 335 g/mol. The minimum atomic E-state index is -0.383. The standard InChI is InChI=1S/C19H19FN4O2/c1-24(14-8-10-25-11-9-14)17-7-6-13(12-21-17)19-22-18(23-26-19)15-4-2-3-5-16(15)20/h2-7,12,14H,8-11H2,1H3. The van der Waals surface area contributed by atoms with Crippen LogP contribution < -0.4 is 4.90 Å². The van der Waals surface area contributed by atoms with Gasteiger partial charge in [0.05, 0.1) is 11.1 Å². The number of pyridine rings is 1. The minimum Gasteiger partial charge on any atom is -0.381 e. The second-order valence-corrected chi connectivity index (χ2v) is 6.26. The van der Waals surface area contributed by atoms with Crippen LogP contribution in [-0.4, -0.2) is 41.4 Å². The Hall–Kier alpha value is -2.80. The van der Waals surface area contributed by atoms with E-state index in [0.29, 0.717) is 23.1 Å². The SMILES string of the molecule is CN(c1ccc(-c2nc(-c3ccccc3F)no2)cn1)C1CCOCC1. The fraction of sp³-hybridized carbons (Fsp3) is 0.316. The number of benzene rings is 1. The molecule has 0 amide bonds. The molecule has 0 aliphatic carbocycles. The van der Waals surface area contributed by atoms with Crippen molar-refractivity contribution in [3.05, 3.63) is 48.4 Å². The molecule has 1 aliphatic heterocycles. The first kappa shape index (κ1) is 16.7. The van der Waals surface area contributed by atoms with Crippen LogP contribution in [0.3, 0.4) is 0 Å². The molecule has 0 N–H and O–H groups in total. The van der Waals surface area contributed by atoms with Gasteiger partial charge in [0, 0.05) is 32.5 Å². The summed E-state index contributed by atoms with van der Waals surface area (Å²) in [7, 11) is 2.04. The molecule has 1 aliphatic rings. The number of anilines is 1. The topological polar surface area (TPSA) is 64.3 Å². The molecule has 7 heteroatoms. The zero-order valence-electron chi connectivity index (χ0n) is 14.4. The third kappa shape index (κ3) is 3.30. The summed E-state index contributed by atoms with van der Waals surface area (Å²) in [6, 6.07) is 10.6. The molecule has 0 bridgehead atoms. The van der Waals surface area contributed by atoms with E-state index in [2.05, 4.69) is 20.0 Å². The zero-order valence-corrected chi connectivity index (χ0v) is 14.4. The highest BCUT2D eigenvalue weighted by atomic mass is 19.1. The maximum absolute atomic E-state index is 13.9. The molecule has 1 aromatic carbocycles. The first-order valence-electron chi connectivity index (χ1n) is 8.58. The Kier molecular flexibility index (Phi) is 4.62. The van der Waals surface area contributed by atoms with Crippen LogP contribution in [-0.2, 0) is 4.74 Å². The van der Waals surface area contributed by atoms with E-state index < -0.39 is 0 Å². The van der Waals surface area contributed by atoms with Crippen molar-refractivity contribution in [3.8, 4) is 22.8 Å². The van der Waals surface area contributed by atoms with Crippen molar-refractivity contribution in [1.29, 1.82) is 0 Å². The first-order chi connectivity index (χ1) is 12.7. The molecule has 4 rings (SSSR count). The van der Waals surface area contributed by atoms with Gasteiger partial charge >= 0.3 is 0 Å². The average Bonchev–Trinajstić information content (AvgIpc) is 3.18. The first-order valence-corrected chi connectivity index (χ1v) is 8.58. The van der Waals surface area contributed by atoms with E-state index in [1.165, 1.54) is 6.07 Å². The lowest BCUT2D eigenvalue weighted by Gasteiger charge is -2.32. The number of rotatable bonds is 4. The summed E-state index contributed by atoms with van der Waals surface area (Å²) in [5, 5.41) is 3.88. The van der Waals surface area contributed by atoms with E-state index >= 15 is 0 Å². The van der Waals surface area contributed by atoms with Crippen molar-refractivity contribution < 1.29 is 13.7 Å². The Morgan fingerprint density at radius 2 is 1.92 bits per heavy atom. The molecular formula is C19H19FN4O2. The van der Waals surface area contributed by atoms with E-state index in [1.807, 2.05) is 19.2 Å². The zero-order chi connectivity index (χ0) is 17.9. The van der Waals surface area contributed by atoms with Crippen LogP contribution in [0.1, 0.15) is 12.8 Å². The van der Waals surface area contributed by atoms with Crippen molar-refractivity contribution in [1.82, 2.24) is 15.1 Å². The van der Waals surface area contributed by atoms with E-state index in [1.54, 1.807) is 24.4 Å². The molecule has 0 spiro atoms. The summed E-state index contributed by atoms with van der Waals surface area (Å²) in [6.45, 7) is 1.57. The Labute approximate surface area is 150 Å². The lowest BCUT2D eigenvalue weighted by atomic mass is 10.1. The van der Waals surface area contributed by atoms with Gasteiger partial charge in [0.15, 0.2) is 0 Å². The highest BCUT2D eigenvalue weighted by Gasteiger charge is 2.20. The van der Waals surface area contributed by atoms with E-state index in [4.69, 9.17) is 9.26 Å². The van der Waals surface area contributed by atoms with Crippen molar-refractivity contribution in [2.24, 2.45) is 0 Å². The van der Waals surface area contributed by atoms with Crippen LogP contribution in [0.25, 0.3) is 22.8 Å². The van der Waals surface area contributed by atoms with Gasteiger partial charge in [0.25, 0.3) is 5.89 Å². The van der Waals surface area contributed by atoms with Gasteiger partial charge in [-0.2, -0.15) is 4.98 Å². The largest absolute Gasteiger partial charge is 0.381 e. The monoisotopic (exact) mass is 354 g/mol. The van der Waals surface area contributed by atoms with Crippen LogP contribution in [0, 0.1) is 5.82 Å². The molecule has 1 saturated heterocycles. The number of hydrogen-bond donors (Lipinski definition) is 0. The van der Waals surface area contributed by atoms with Crippen LogP contribution in [0.4, 0.5) is 10.2 Å². The van der Waals surface area contributed by atoms with Crippen LogP contribution in [0.15, 0.2) is 47.1 Å². The highest BCUT2D eigenvalue weighted by molar-refractivity contribution is 5.60. The number of halogens is 1. The van der Waals surface area contributed by atoms with Gasteiger partial charge in [-0.3, -0.25) is 0 Å². The molecule has 1 fully saturated rings. The Balaban J connectivity index is 1.53. The predicted molar refractivity (Wildman–Crippen MR) is 95.2 cm³/mol. The molecule has 2 aromatic heterocycles. The lowest BCUT2D eigenvalue weighted by Crippen LogP contribution is -2.37. The van der Waals surface area contributed by atoms with Crippen molar-refractivity contribution >= 4 is 5.82 Å². The maximum atomic E-state index is 13.9. The second-order valence-electron chi connectivity index (χ2n) is 6.26. The molecule has 3 aromatic rings. The van der Waals surface area contributed by atoms with Gasteiger partial charge < -0.3 is 14.2 Å². The number of aromatic nitrogens is 3. The normalized spacial score (nSPS) is 15.2. The van der Waals surface area contributed by atoms with E-state index in [9.17, 15) is 4.39 Å². The highest BCUT2D eigenvalue weighted by Crippen LogP contribution is 2.25. The summed E-state index contributed by atoms with van der Waals surface area (Å²) in [4.78, 5) is 11.0. The van der Waals surface area contributed by atoms with Crippen molar-refractivity contribution in [3.63, 3.8) is 0 Å². The summed E-state index contributed by atoms with van der Waals surface area (Å²) in [5.74, 6) is 1.04. The molecule has 26 heavy (non-hydrogen) atoms. The Morgan fingerprint density at radius 3 is 2.65 bits per heavy atom. The van der Waals surface area contributed by atoms with Crippen molar-refractivity contribution in [2.45, 2.75) is 18.9 Å². The molecule has 0 atom stereocenters. The average molecular weight is 354 g/mol. The third-order valence-corrected chi connectivity index (χ3v) is 4.64. The predicted octanol–water partition coefficient (Wildman–Crippen LogP) is 3.55. The molecule has 134 valence electrons. The number of nitrogens with zero attached hydrogens (tertiary/aromatic N) is 4. The summed E-state index contributed by atoms with van der Waals surface area (Å²) in [6.07, 6.45) is 3.69. The molecule has 0 radical (unpaired) electrons. The fourth-order valence-corrected chi connectivity index (χ4v) is 3.07. The van der Waals surface area contributed by atoms with Crippen molar-refractivity contribution in [2.75, 3.05) is 25.2 Å². The molecule has 0 unspecified atom stereocenters. The minimum absolute atomic E-state index is 0.224. The van der Waals surface area contributed by atoms with Crippen LogP contribution in [0.5, 0.6) is 0 Å². The Bertz CT molecular complexity index is 875. The maximum Gasteiger partial charge on any atom is 0.259 e. The molecule has 0 saturated carbocycles. The summed E-state index contributed by atoms with van der Waals surface area (Å²) < 4.78 is 24.5.